The van der Waals surface area contributed by atoms with Gasteiger partial charge in [-0.2, -0.15) is 17.0 Å². The van der Waals surface area contributed by atoms with Gasteiger partial charge in [-0.1, -0.05) is 6.42 Å². The molecule has 3 N–H and O–H groups in total. The molecule has 0 saturated carbocycles. The first-order chi connectivity index (χ1) is 12.8. The highest BCUT2D eigenvalue weighted by Crippen LogP contribution is 2.29. The average Bonchev–Trinajstić information content (AvgIpc) is 2.66. The van der Waals surface area contributed by atoms with Crippen LogP contribution in [0.2, 0.25) is 0 Å². The molecule has 1 aromatic carbocycles. The van der Waals surface area contributed by atoms with Gasteiger partial charge in [-0.05, 0) is 25.0 Å². The Bertz CT molecular complexity index is 767. The second-order valence-electron chi connectivity index (χ2n) is 6.47. The van der Waals surface area contributed by atoms with E-state index in [1.54, 1.807) is 32.4 Å². The molecule has 1 unspecified atom stereocenters. The molecule has 1 aromatic rings. The minimum atomic E-state index is -3.47. The standard InChI is InChI=1S/C17H29N5O4S/c1-21(2)27(23,24)22-10-6-5-7-14(22)12-19-17(18)20-13-8-9-15(25-3)16(11-13)26-4/h8-9,11,14H,5-7,10,12H2,1-4H3,(H3,18,19,20). The summed E-state index contributed by atoms with van der Waals surface area (Å²) in [4.78, 5) is 4.35. The first-order valence-electron chi connectivity index (χ1n) is 8.78. The Balaban J connectivity index is 2.07. The van der Waals surface area contributed by atoms with E-state index in [2.05, 4.69) is 10.3 Å². The van der Waals surface area contributed by atoms with Crippen LogP contribution >= 0.6 is 0 Å². The third-order valence-corrected chi connectivity index (χ3v) is 6.46. The first kappa shape index (κ1) is 21.3. The average molecular weight is 400 g/mol. The molecule has 0 spiro atoms. The third kappa shape index (κ3) is 5.24. The van der Waals surface area contributed by atoms with E-state index in [1.807, 2.05) is 0 Å². The topological polar surface area (TPSA) is 109 Å². The van der Waals surface area contributed by atoms with Crippen LogP contribution in [0.25, 0.3) is 0 Å². The lowest BCUT2D eigenvalue weighted by Gasteiger charge is -2.35. The van der Waals surface area contributed by atoms with Crippen LogP contribution in [0.3, 0.4) is 0 Å². The molecule has 1 fully saturated rings. The van der Waals surface area contributed by atoms with Gasteiger partial charge < -0.3 is 20.5 Å². The van der Waals surface area contributed by atoms with Gasteiger partial charge in [0, 0.05) is 38.4 Å². The van der Waals surface area contributed by atoms with Crippen LogP contribution in [-0.2, 0) is 10.2 Å². The number of nitrogens with zero attached hydrogens (tertiary/aromatic N) is 3. The Labute approximate surface area is 161 Å². The van der Waals surface area contributed by atoms with Gasteiger partial charge >= 0.3 is 0 Å². The van der Waals surface area contributed by atoms with Crippen LogP contribution in [-0.4, -0.2) is 70.4 Å². The summed E-state index contributed by atoms with van der Waals surface area (Å²) in [5, 5.41) is 3.00. The van der Waals surface area contributed by atoms with Crippen LogP contribution < -0.4 is 20.5 Å². The molecule has 0 bridgehead atoms. The fourth-order valence-corrected chi connectivity index (χ4v) is 4.30. The molecular formula is C17H29N5O4S. The number of methoxy groups -OCH3 is 2. The minimum Gasteiger partial charge on any atom is -0.493 e. The summed E-state index contributed by atoms with van der Waals surface area (Å²) in [5.41, 5.74) is 6.69. The van der Waals surface area contributed by atoms with Crippen molar-refractivity contribution >= 4 is 21.9 Å². The van der Waals surface area contributed by atoms with Gasteiger partial charge in [-0.3, -0.25) is 4.99 Å². The SMILES string of the molecule is COc1ccc(NC(N)=NCC2CCCCN2S(=O)(=O)N(C)C)cc1OC. The lowest BCUT2D eigenvalue weighted by atomic mass is 10.1. The van der Waals surface area contributed by atoms with Gasteiger partial charge in [0.25, 0.3) is 10.2 Å². The third-order valence-electron chi connectivity index (χ3n) is 4.46. The summed E-state index contributed by atoms with van der Waals surface area (Å²) in [7, 11) is 2.74. The molecule has 0 radical (unpaired) electrons. The molecule has 0 amide bonds. The van der Waals surface area contributed by atoms with Crippen LogP contribution in [0, 0.1) is 0 Å². The molecule has 10 heteroatoms. The molecule has 152 valence electrons. The molecule has 1 heterocycles. The normalized spacial score (nSPS) is 19.1. The molecule has 9 nitrogen and oxygen atoms in total. The van der Waals surface area contributed by atoms with Crippen molar-refractivity contribution in [2.45, 2.75) is 25.3 Å². The van der Waals surface area contributed by atoms with Crippen molar-refractivity contribution in [2.75, 3.05) is 46.7 Å². The number of aliphatic imine (C=N–C) groups is 1. The van der Waals surface area contributed by atoms with E-state index in [9.17, 15) is 8.42 Å². The van der Waals surface area contributed by atoms with Gasteiger partial charge in [-0.15, -0.1) is 0 Å². The van der Waals surface area contributed by atoms with Crippen molar-refractivity contribution in [3.8, 4) is 11.5 Å². The molecule has 1 aliphatic rings. The lowest BCUT2D eigenvalue weighted by molar-refractivity contribution is 0.245. The van der Waals surface area contributed by atoms with Crippen molar-refractivity contribution in [3.63, 3.8) is 0 Å². The Hall–Kier alpha value is -2.04. The number of ether oxygens (including phenoxy) is 2. The highest BCUT2D eigenvalue weighted by Gasteiger charge is 2.33. The number of piperidine rings is 1. The van der Waals surface area contributed by atoms with Gasteiger partial charge in [0.05, 0.1) is 20.8 Å². The summed E-state index contributed by atoms with van der Waals surface area (Å²) in [6.07, 6.45) is 2.59. The predicted octanol–water partition coefficient (Wildman–Crippen LogP) is 1.09. The molecule has 1 aliphatic heterocycles. The van der Waals surface area contributed by atoms with E-state index in [4.69, 9.17) is 15.2 Å². The minimum absolute atomic E-state index is 0.197. The summed E-state index contributed by atoms with van der Waals surface area (Å²) in [5.74, 6) is 1.41. The fourth-order valence-electron chi connectivity index (χ4n) is 2.98. The molecular weight excluding hydrogens is 370 g/mol. The number of nitrogens with two attached hydrogens (primary N) is 1. The Morgan fingerprint density at radius 3 is 2.63 bits per heavy atom. The summed E-state index contributed by atoms with van der Waals surface area (Å²) in [6.45, 7) is 0.808. The Kier molecular flexibility index (Phi) is 7.28. The smallest absolute Gasteiger partial charge is 0.281 e. The predicted molar refractivity (Wildman–Crippen MR) is 107 cm³/mol. The number of hydrogen-bond donors (Lipinski definition) is 2. The van der Waals surface area contributed by atoms with E-state index in [-0.39, 0.29) is 12.0 Å². The highest BCUT2D eigenvalue weighted by atomic mass is 32.2. The van der Waals surface area contributed by atoms with Gasteiger partial charge in [0.15, 0.2) is 17.5 Å². The molecule has 2 rings (SSSR count). The molecule has 0 aliphatic carbocycles. The maximum absolute atomic E-state index is 12.5. The van der Waals surface area contributed by atoms with Crippen LogP contribution in [0.15, 0.2) is 23.2 Å². The van der Waals surface area contributed by atoms with Crippen molar-refractivity contribution in [1.82, 2.24) is 8.61 Å². The van der Waals surface area contributed by atoms with Crippen LogP contribution in [0.5, 0.6) is 11.5 Å². The van der Waals surface area contributed by atoms with Crippen LogP contribution in [0.1, 0.15) is 19.3 Å². The second kappa shape index (κ2) is 9.25. The number of hydrogen-bond acceptors (Lipinski definition) is 5. The Morgan fingerprint density at radius 1 is 1.30 bits per heavy atom. The van der Waals surface area contributed by atoms with Gasteiger partial charge in [0.2, 0.25) is 0 Å². The second-order valence-corrected chi connectivity index (χ2v) is 8.57. The molecule has 1 saturated heterocycles. The van der Waals surface area contributed by atoms with Crippen LogP contribution in [0.4, 0.5) is 5.69 Å². The van der Waals surface area contributed by atoms with Crippen molar-refractivity contribution < 1.29 is 17.9 Å². The number of anilines is 1. The number of benzene rings is 1. The van der Waals surface area contributed by atoms with E-state index in [0.717, 1.165) is 19.3 Å². The van der Waals surface area contributed by atoms with Gasteiger partial charge in [0.1, 0.15) is 0 Å². The monoisotopic (exact) mass is 399 g/mol. The highest BCUT2D eigenvalue weighted by molar-refractivity contribution is 7.86. The molecule has 1 atom stereocenters. The zero-order valence-corrected chi connectivity index (χ0v) is 17.1. The van der Waals surface area contributed by atoms with E-state index in [1.165, 1.54) is 22.7 Å². The van der Waals surface area contributed by atoms with E-state index in [0.29, 0.717) is 30.3 Å². The summed E-state index contributed by atoms with van der Waals surface area (Å²) < 4.78 is 38.2. The van der Waals surface area contributed by atoms with Crippen molar-refractivity contribution in [1.29, 1.82) is 0 Å². The van der Waals surface area contributed by atoms with E-state index < -0.39 is 10.2 Å². The zero-order valence-electron chi connectivity index (χ0n) is 16.3. The van der Waals surface area contributed by atoms with E-state index >= 15 is 0 Å². The lowest BCUT2D eigenvalue weighted by Crippen LogP contribution is -2.50. The largest absolute Gasteiger partial charge is 0.493 e. The number of rotatable bonds is 7. The summed E-state index contributed by atoms with van der Waals surface area (Å²) in [6, 6.07) is 5.12. The maximum Gasteiger partial charge on any atom is 0.281 e. The molecule has 0 aromatic heterocycles. The fraction of sp³-hybridized carbons (Fsp3) is 0.588. The Morgan fingerprint density at radius 2 is 2.00 bits per heavy atom. The van der Waals surface area contributed by atoms with Crippen molar-refractivity contribution in [2.24, 2.45) is 10.7 Å². The zero-order chi connectivity index (χ0) is 20.0. The molecule has 27 heavy (non-hydrogen) atoms. The van der Waals surface area contributed by atoms with Gasteiger partial charge in [-0.25, -0.2) is 0 Å². The number of nitrogens with one attached hydrogen (secondary N) is 1. The number of guanidine groups is 1. The maximum atomic E-state index is 12.5. The quantitative estimate of drug-likeness (QED) is 0.525. The first-order valence-corrected chi connectivity index (χ1v) is 10.2. The van der Waals surface area contributed by atoms with Crippen molar-refractivity contribution in [3.05, 3.63) is 18.2 Å². The summed E-state index contributed by atoms with van der Waals surface area (Å²) >= 11 is 0.